The van der Waals surface area contributed by atoms with E-state index in [9.17, 15) is 13.6 Å². The Morgan fingerprint density at radius 2 is 1.89 bits per heavy atom. The Morgan fingerprint density at radius 3 is 2.42 bits per heavy atom. The normalized spacial score (nSPS) is 18.0. The number of nitrogens with one attached hydrogen (secondary N) is 2. The number of hydrogen-bond acceptors (Lipinski definition) is 6. The number of carbonyl (C=O) groups is 1. The topological polar surface area (TPSA) is 83.3 Å². The molecule has 2 aromatic rings. The van der Waals surface area contributed by atoms with Gasteiger partial charge in [-0.15, -0.1) is 6.58 Å². The van der Waals surface area contributed by atoms with Gasteiger partial charge in [0, 0.05) is 36.4 Å². The Labute approximate surface area is 231 Å². The van der Waals surface area contributed by atoms with Crippen molar-refractivity contribution in [1.29, 1.82) is 0 Å². The number of likely N-dealkylation sites (tertiary alicyclic amines) is 1. The van der Waals surface area contributed by atoms with Crippen LogP contribution in [-0.4, -0.2) is 54.8 Å². The first-order chi connectivity index (χ1) is 18.3. The molecule has 1 amide bonds. The molecule has 1 aromatic heterocycles. The molecule has 6 nitrogen and oxygen atoms in total. The van der Waals surface area contributed by atoms with Crippen LogP contribution in [0.5, 0.6) is 0 Å². The molecule has 2 heterocycles. The van der Waals surface area contributed by atoms with Crippen LogP contribution in [0.3, 0.4) is 0 Å². The lowest BCUT2D eigenvalue weighted by molar-refractivity contribution is 0.0889. The van der Waals surface area contributed by atoms with Gasteiger partial charge in [-0.25, -0.2) is 9.37 Å². The lowest BCUT2D eigenvalue weighted by Gasteiger charge is -2.39. The van der Waals surface area contributed by atoms with Gasteiger partial charge >= 0.3 is 0 Å². The molecular formula is C29H45F2N5OS. The van der Waals surface area contributed by atoms with Gasteiger partial charge in [-0.2, -0.15) is 0 Å². The summed E-state index contributed by atoms with van der Waals surface area (Å²) in [4.78, 5) is 20.5. The zero-order valence-corrected chi connectivity index (χ0v) is 24.3. The fourth-order valence-electron chi connectivity index (χ4n) is 4.17. The van der Waals surface area contributed by atoms with Crippen LogP contribution in [0.4, 0.5) is 25.4 Å². The van der Waals surface area contributed by atoms with Crippen molar-refractivity contribution in [2.75, 3.05) is 38.0 Å². The van der Waals surface area contributed by atoms with Crippen molar-refractivity contribution in [3.05, 3.63) is 59.5 Å². The summed E-state index contributed by atoms with van der Waals surface area (Å²) in [7, 11) is 0.500. The number of nitrogens with zero attached hydrogens (tertiary/aromatic N) is 2. The van der Waals surface area contributed by atoms with Gasteiger partial charge < -0.3 is 16.4 Å². The van der Waals surface area contributed by atoms with Crippen molar-refractivity contribution < 1.29 is 13.6 Å². The molecule has 0 aliphatic carbocycles. The molecule has 38 heavy (non-hydrogen) atoms. The molecule has 1 aromatic carbocycles. The molecule has 212 valence electrons. The van der Waals surface area contributed by atoms with E-state index in [4.69, 9.17) is 5.73 Å². The Balaban J connectivity index is 0.000000924. The molecule has 1 aliphatic heterocycles. The lowest BCUT2D eigenvalue weighted by atomic mass is 9.98. The third kappa shape index (κ3) is 11.3. The summed E-state index contributed by atoms with van der Waals surface area (Å²) in [6.45, 7) is 13.5. The van der Waals surface area contributed by atoms with Gasteiger partial charge in [-0.1, -0.05) is 42.9 Å². The number of benzene rings is 1. The first-order valence-electron chi connectivity index (χ1n) is 13.1. The van der Waals surface area contributed by atoms with E-state index < -0.39 is 0 Å². The SMILES string of the molecule is C/C=C\CF.C=CC(C)Cc1sc(Nc2ccc(C(=O)NCCN3C(C)CCCC3C)cc2)nc1N.CF. The number of allylic oxidation sites excluding steroid dienone is 3. The Bertz CT molecular complexity index is 970. The van der Waals surface area contributed by atoms with Crippen LogP contribution >= 0.6 is 11.3 Å². The first-order valence-corrected chi connectivity index (χ1v) is 13.9. The van der Waals surface area contributed by atoms with Crippen LogP contribution in [0.1, 0.15) is 62.2 Å². The molecule has 1 saturated heterocycles. The third-order valence-electron chi connectivity index (χ3n) is 6.39. The standard InChI is InChI=1S/C24H35N5OS.C4H7F.CH3F/c1-5-16(2)15-21-22(25)28-24(31-21)27-20-11-9-19(10-12-20)23(30)26-13-14-29-17(3)7-6-8-18(29)4;1-2-3-4-5;1-2/h5,9-12,16-18H,1,6-8,13-15,25H2,2-4H3,(H,26,30)(H,27,28);2-3H,4H2,1H3;1H3/b;3-2-;. The summed E-state index contributed by atoms with van der Waals surface area (Å²) in [5, 5.41) is 7.09. The second-order valence-corrected chi connectivity index (χ2v) is 10.4. The maximum Gasteiger partial charge on any atom is 0.251 e. The number of nitrogen functional groups attached to an aromatic ring is 1. The first kappa shape index (κ1) is 33.2. The number of halogens is 2. The van der Waals surface area contributed by atoms with Crippen molar-refractivity contribution in [2.24, 2.45) is 5.92 Å². The van der Waals surface area contributed by atoms with Gasteiger partial charge in [-0.3, -0.25) is 14.1 Å². The number of thiazole rings is 1. The van der Waals surface area contributed by atoms with Crippen LogP contribution in [0.2, 0.25) is 0 Å². The summed E-state index contributed by atoms with van der Waals surface area (Å²) in [6.07, 6.45) is 9.68. The smallest absolute Gasteiger partial charge is 0.251 e. The molecule has 0 radical (unpaired) electrons. The van der Waals surface area contributed by atoms with E-state index in [1.165, 1.54) is 25.3 Å². The Morgan fingerprint density at radius 1 is 1.26 bits per heavy atom. The van der Waals surface area contributed by atoms with Crippen molar-refractivity contribution in [1.82, 2.24) is 15.2 Å². The van der Waals surface area contributed by atoms with E-state index in [0.717, 1.165) is 28.7 Å². The average molecular weight is 550 g/mol. The van der Waals surface area contributed by atoms with Gasteiger partial charge in [0.1, 0.15) is 12.5 Å². The highest BCUT2D eigenvalue weighted by molar-refractivity contribution is 7.16. The fraction of sp³-hybridized carbons (Fsp3) is 0.517. The van der Waals surface area contributed by atoms with E-state index in [0.29, 0.717) is 43.1 Å². The van der Waals surface area contributed by atoms with Crippen molar-refractivity contribution in [3.8, 4) is 0 Å². The van der Waals surface area contributed by atoms with Crippen molar-refractivity contribution >= 4 is 33.9 Å². The van der Waals surface area contributed by atoms with Crippen LogP contribution in [-0.2, 0) is 6.42 Å². The number of rotatable bonds is 10. The van der Waals surface area contributed by atoms with E-state index in [-0.39, 0.29) is 12.6 Å². The Kier molecular flexibility index (Phi) is 16.2. The maximum atomic E-state index is 12.5. The number of hydrogen-bond donors (Lipinski definition) is 3. The zero-order chi connectivity index (χ0) is 28.5. The number of alkyl halides is 2. The summed E-state index contributed by atoms with van der Waals surface area (Å²) >= 11 is 1.55. The number of amides is 1. The highest BCUT2D eigenvalue weighted by Crippen LogP contribution is 2.30. The second-order valence-electron chi connectivity index (χ2n) is 9.29. The third-order valence-corrected chi connectivity index (χ3v) is 7.40. The number of anilines is 3. The predicted octanol–water partition coefficient (Wildman–Crippen LogP) is 6.94. The molecule has 1 fully saturated rings. The molecule has 1 aliphatic rings. The van der Waals surface area contributed by atoms with E-state index in [1.807, 2.05) is 30.3 Å². The van der Waals surface area contributed by atoms with Gasteiger partial charge in [0.25, 0.3) is 5.91 Å². The van der Waals surface area contributed by atoms with Crippen LogP contribution in [0.15, 0.2) is 49.1 Å². The summed E-state index contributed by atoms with van der Waals surface area (Å²) in [5.74, 6) is 0.882. The van der Waals surface area contributed by atoms with Gasteiger partial charge in [0.05, 0.1) is 12.1 Å². The monoisotopic (exact) mass is 549 g/mol. The molecule has 0 spiro atoms. The van der Waals surface area contributed by atoms with Crippen LogP contribution in [0.25, 0.3) is 0 Å². The van der Waals surface area contributed by atoms with Crippen molar-refractivity contribution in [2.45, 2.75) is 65.5 Å². The summed E-state index contributed by atoms with van der Waals surface area (Å²) in [5.41, 5.74) is 7.58. The van der Waals surface area contributed by atoms with Crippen LogP contribution < -0.4 is 16.4 Å². The van der Waals surface area contributed by atoms with Crippen LogP contribution in [0, 0.1) is 5.92 Å². The van der Waals surface area contributed by atoms with Gasteiger partial charge in [0.15, 0.2) is 5.13 Å². The van der Waals surface area contributed by atoms with Crippen molar-refractivity contribution in [3.63, 3.8) is 0 Å². The highest BCUT2D eigenvalue weighted by atomic mass is 32.1. The fourth-order valence-corrected chi connectivity index (χ4v) is 5.22. The minimum Gasteiger partial charge on any atom is -0.383 e. The number of carbonyl (C=O) groups excluding carboxylic acids is 1. The number of aromatic nitrogens is 1. The lowest BCUT2D eigenvalue weighted by Crippen LogP contribution is -2.47. The van der Waals surface area contributed by atoms with Gasteiger partial charge in [0.2, 0.25) is 0 Å². The molecule has 9 heteroatoms. The minimum atomic E-state index is -0.337. The van der Waals surface area contributed by atoms with E-state index in [2.05, 4.69) is 47.9 Å². The molecule has 3 rings (SSSR count). The minimum absolute atomic E-state index is 0.0388. The summed E-state index contributed by atoms with van der Waals surface area (Å²) in [6, 6.07) is 8.64. The highest BCUT2D eigenvalue weighted by Gasteiger charge is 2.24. The second kappa shape index (κ2) is 18.5. The largest absolute Gasteiger partial charge is 0.383 e. The zero-order valence-electron chi connectivity index (χ0n) is 23.5. The predicted molar refractivity (Wildman–Crippen MR) is 159 cm³/mol. The summed E-state index contributed by atoms with van der Waals surface area (Å²) < 4.78 is 20.4. The van der Waals surface area contributed by atoms with E-state index in [1.54, 1.807) is 24.3 Å². The maximum absolute atomic E-state index is 12.5. The number of piperidine rings is 1. The molecule has 3 atom stereocenters. The molecule has 4 N–H and O–H groups in total. The molecule has 0 saturated carbocycles. The quantitative estimate of drug-likeness (QED) is 0.280. The molecule has 0 bridgehead atoms. The molecule has 3 unspecified atom stereocenters. The Hall–Kier alpha value is -2.78. The molecular weight excluding hydrogens is 504 g/mol. The van der Waals surface area contributed by atoms with E-state index >= 15 is 0 Å². The number of nitrogens with two attached hydrogens (primary N) is 1. The average Bonchev–Trinajstić information content (AvgIpc) is 3.26. The van der Waals surface area contributed by atoms with Gasteiger partial charge in [-0.05, 0) is 70.2 Å².